The Morgan fingerprint density at radius 1 is 1.09 bits per heavy atom. The number of nitrogens with one attached hydrogen (secondary N) is 1. The van der Waals surface area contributed by atoms with E-state index in [1.165, 1.54) is 17.5 Å². The quantitative estimate of drug-likeness (QED) is 0.581. The Balaban J connectivity index is 1.29. The van der Waals surface area contributed by atoms with Crippen molar-refractivity contribution >= 4 is 21.8 Å². The van der Waals surface area contributed by atoms with Crippen LogP contribution in [-0.2, 0) is 14.9 Å². The van der Waals surface area contributed by atoms with Crippen molar-refractivity contribution < 1.29 is 27.1 Å². The fourth-order valence-corrected chi connectivity index (χ4v) is 6.22. The number of pyridine rings is 1. The molecule has 3 heterocycles. The first-order valence-electron chi connectivity index (χ1n) is 11.6. The zero-order chi connectivity index (χ0) is 24.9. The zero-order valence-corrected chi connectivity index (χ0v) is 20.7. The average Bonchev–Trinajstić information content (AvgIpc) is 3.20. The van der Waals surface area contributed by atoms with Gasteiger partial charge in [0.15, 0.2) is 0 Å². The molecule has 1 amide bonds. The number of halogens is 1. The molecule has 188 valence electrons. The first-order chi connectivity index (χ1) is 16.6. The molecule has 4 atom stereocenters. The summed E-state index contributed by atoms with van der Waals surface area (Å²) >= 11 is 0. The Morgan fingerprint density at radius 3 is 2.51 bits per heavy atom. The van der Waals surface area contributed by atoms with Crippen LogP contribution in [0.15, 0.2) is 30.3 Å². The van der Waals surface area contributed by atoms with Crippen molar-refractivity contribution in [2.24, 2.45) is 11.8 Å². The molecule has 1 saturated carbocycles. The third kappa shape index (κ3) is 4.98. The maximum absolute atomic E-state index is 14.3. The van der Waals surface area contributed by atoms with Crippen LogP contribution in [0.1, 0.15) is 27.9 Å². The molecule has 0 radical (unpaired) electrons. The van der Waals surface area contributed by atoms with E-state index in [0.29, 0.717) is 37.0 Å². The fourth-order valence-electron chi connectivity index (χ4n) is 4.90. The summed E-state index contributed by atoms with van der Waals surface area (Å²) in [4.78, 5) is 18.6. The lowest BCUT2D eigenvalue weighted by molar-refractivity contribution is 0.0316. The van der Waals surface area contributed by atoms with Crippen LogP contribution in [-0.4, -0.2) is 74.0 Å². The van der Waals surface area contributed by atoms with Gasteiger partial charge in [-0.3, -0.25) is 9.52 Å². The number of piperidine rings is 1. The molecule has 35 heavy (non-hydrogen) atoms. The van der Waals surface area contributed by atoms with Gasteiger partial charge < -0.3 is 14.4 Å². The van der Waals surface area contributed by atoms with Crippen molar-refractivity contribution in [3.63, 3.8) is 0 Å². The van der Waals surface area contributed by atoms with Crippen LogP contribution in [0.3, 0.4) is 0 Å². The van der Waals surface area contributed by atoms with Gasteiger partial charge in [-0.1, -0.05) is 17.7 Å². The maximum Gasteiger partial charge on any atom is 0.301 e. The lowest BCUT2D eigenvalue weighted by Gasteiger charge is -2.20. The average molecular weight is 505 g/mol. The topological polar surface area (TPSA) is 101 Å². The monoisotopic (exact) mass is 504 g/mol. The van der Waals surface area contributed by atoms with Crippen molar-refractivity contribution in [1.82, 2.24) is 14.2 Å². The van der Waals surface area contributed by atoms with Gasteiger partial charge in [0, 0.05) is 37.9 Å². The first kappa shape index (κ1) is 24.0. The minimum absolute atomic E-state index is 0.0309. The molecule has 0 bridgehead atoms. The smallest absolute Gasteiger partial charge is 0.301 e. The Bertz CT molecular complexity index is 1250. The van der Waals surface area contributed by atoms with E-state index in [0.717, 1.165) is 23.6 Å². The van der Waals surface area contributed by atoms with Crippen LogP contribution in [0.5, 0.6) is 5.88 Å². The molecule has 2 saturated heterocycles. The van der Waals surface area contributed by atoms with E-state index in [1.807, 2.05) is 32.0 Å². The largest absolute Gasteiger partial charge is 0.469 e. The van der Waals surface area contributed by atoms with Crippen LogP contribution in [0, 0.1) is 31.6 Å². The second-order valence-electron chi connectivity index (χ2n) is 9.66. The zero-order valence-electron chi connectivity index (χ0n) is 19.9. The highest BCUT2D eigenvalue weighted by Gasteiger charge is 2.48. The van der Waals surface area contributed by atoms with Gasteiger partial charge in [0.05, 0.1) is 18.8 Å². The number of aromatic nitrogens is 1. The molecule has 1 aliphatic carbocycles. The Kier molecular flexibility index (Phi) is 6.18. The van der Waals surface area contributed by atoms with E-state index >= 15 is 0 Å². The number of hydrogen-bond acceptors (Lipinski definition) is 6. The van der Waals surface area contributed by atoms with Crippen LogP contribution in [0.2, 0.25) is 0 Å². The number of anilines is 1. The predicted molar refractivity (Wildman–Crippen MR) is 127 cm³/mol. The number of hydrogen-bond donors (Lipinski definition) is 1. The van der Waals surface area contributed by atoms with Crippen LogP contribution in [0.4, 0.5) is 10.1 Å². The molecular weight excluding hydrogens is 475 g/mol. The van der Waals surface area contributed by atoms with Crippen molar-refractivity contribution in [1.29, 1.82) is 0 Å². The minimum atomic E-state index is -3.79. The minimum Gasteiger partial charge on any atom is -0.469 e. The van der Waals surface area contributed by atoms with Gasteiger partial charge in [-0.05, 0) is 43.7 Å². The van der Waals surface area contributed by atoms with Gasteiger partial charge in [-0.25, -0.2) is 0 Å². The van der Waals surface area contributed by atoms with E-state index < -0.39 is 28.4 Å². The lowest BCUT2D eigenvalue weighted by Crippen LogP contribution is -2.35. The second-order valence-corrected chi connectivity index (χ2v) is 11.3. The number of carbonyl (C=O) groups is 1. The molecule has 11 heteroatoms. The summed E-state index contributed by atoms with van der Waals surface area (Å²) in [6.45, 7) is 5.31. The SMILES string of the molecule is COC1CN(C(=O)c2cc(C)ccc2C)CC1Oc1cc(NS(=O)(=O)N2CC3CC3C2)cc(F)n1. The Morgan fingerprint density at radius 2 is 1.80 bits per heavy atom. The summed E-state index contributed by atoms with van der Waals surface area (Å²) in [5.41, 5.74) is 2.50. The van der Waals surface area contributed by atoms with Crippen LogP contribution in [0.25, 0.3) is 0 Å². The third-order valence-electron chi connectivity index (χ3n) is 7.00. The number of fused-ring (bicyclic) bond motifs is 1. The summed E-state index contributed by atoms with van der Waals surface area (Å²) < 4.78 is 55.0. The summed E-state index contributed by atoms with van der Waals surface area (Å²) in [5, 5.41) is 0. The molecule has 1 N–H and O–H groups in total. The molecular formula is C24H29FN4O5S. The number of methoxy groups -OCH3 is 1. The lowest BCUT2D eigenvalue weighted by atomic mass is 10.0. The Hall–Kier alpha value is -2.76. The number of carbonyl (C=O) groups excluding carboxylic acids is 1. The van der Waals surface area contributed by atoms with Gasteiger partial charge in [-0.15, -0.1) is 0 Å². The molecule has 1 aromatic heterocycles. The second kappa shape index (κ2) is 9.03. The number of aryl methyl sites for hydroxylation is 2. The molecule has 2 aromatic rings. The molecule has 3 aliphatic rings. The molecule has 1 aromatic carbocycles. The number of rotatable bonds is 7. The molecule has 3 fully saturated rings. The Labute approximate surface area is 204 Å². The van der Waals surface area contributed by atoms with E-state index in [-0.39, 0.29) is 24.0 Å². The predicted octanol–water partition coefficient (Wildman–Crippen LogP) is 2.36. The highest BCUT2D eigenvalue weighted by atomic mass is 32.2. The van der Waals surface area contributed by atoms with Gasteiger partial charge in [0.2, 0.25) is 11.8 Å². The van der Waals surface area contributed by atoms with Crippen molar-refractivity contribution in [3.8, 4) is 5.88 Å². The van der Waals surface area contributed by atoms with Crippen LogP contribution < -0.4 is 9.46 Å². The van der Waals surface area contributed by atoms with Gasteiger partial charge in [0.25, 0.3) is 5.91 Å². The van der Waals surface area contributed by atoms with E-state index in [4.69, 9.17) is 9.47 Å². The first-order valence-corrected chi connectivity index (χ1v) is 13.1. The van der Waals surface area contributed by atoms with E-state index in [2.05, 4.69) is 9.71 Å². The summed E-state index contributed by atoms with van der Waals surface area (Å²) in [7, 11) is -2.27. The summed E-state index contributed by atoms with van der Waals surface area (Å²) in [5.74, 6) is -0.229. The molecule has 0 spiro atoms. The summed E-state index contributed by atoms with van der Waals surface area (Å²) in [6, 6.07) is 8.07. The van der Waals surface area contributed by atoms with Crippen molar-refractivity contribution in [2.75, 3.05) is 38.0 Å². The molecule has 4 unspecified atom stereocenters. The summed E-state index contributed by atoms with van der Waals surface area (Å²) in [6.07, 6.45) is 0.0166. The highest BCUT2D eigenvalue weighted by molar-refractivity contribution is 7.90. The van der Waals surface area contributed by atoms with E-state index in [1.54, 1.807) is 4.90 Å². The van der Waals surface area contributed by atoms with Gasteiger partial charge in [0.1, 0.15) is 12.2 Å². The molecule has 2 aliphatic heterocycles. The molecule has 9 nitrogen and oxygen atoms in total. The van der Waals surface area contributed by atoms with Gasteiger partial charge >= 0.3 is 10.2 Å². The molecule has 5 rings (SSSR count). The van der Waals surface area contributed by atoms with Crippen molar-refractivity contribution in [2.45, 2.75) is 32.5 Å². The maximum atomic E-state index is 14.3. The number of amides is 1. The number of ether oxygens (including phenoxy) is 2. The normalized spacial score (nSPS) is 26.0. The van der Waals surface area contributed by atoms with Crippen molar-refractivity contribution in [3.05, 3.63) is 53.0 Å². The number of nitrogens with zero attached hydrogens (tertiary/aromatic N) is 3. The van der Waals surface area contributed by atoms with Gasteiger partial charge in [-0.2, -0.15) is 22.1 Å². The fraction of sp³-hybridized carbons (Fsp3) is 0.500. The van der Waals surface area contributed by atoms with Crippen LogP contribution >= 0.6 is 0 Å². The van der Waals surface area contributed by atoms with E-state index in [9.17, 15) is 17.6 Å². The number of likely N-dealkylation sites (tertiary alicyclic amines) is 1. The number of benzene rings is 1. The standard InChI is InChI=1S/C24H29FN4O5S/c1-14-4-5-15(2)19(6-14)24(30)28-12-20(33-3)21(13-28)34-23-9-18(8-22(25)26-23)27-35(31,32)29-10-16-7-17(16)11-29/h4-6,8-9,16-17,20-21H,7,10-13H2,1-3H3,(H,26,27). The third-order valence-corrected chi connectivity index (χ3v) is 8.48. The highest BCUT2D eigenvalue weighted by Crippen LogP contribution is 2.45.